The van der Waals surface area contributed by atoms with Crippen molar-refractivity contribution in [1.29, 1.82) is 0 Å². The molecule has 0 saturated heterocycles. The van der Waals surface area contributed by atoms with Gasteiger partial charge in [-0.3, -0.25) is 0 Å². The summed E-state index contributed by atoms with van der Waals surface area (Å²) in [5.41, 5.74) is 11.9. The SMILES string of the molecule is CCC(C)C1=Cc2c(ccc(C(C)(C)C)c2-c2cc(C(C)C)cc(C(C)C)c2)C1. The van der Waals surface area contributed by atoms with Crippen LogP contribution in [0, 0.1) is 5.92 Å². The molecule has 2 aromatic carbocycles. The Bertz CT molecular complexity index is 890. The minimum absolute atomic E-state index is 0.114. The lowest BCUT2D eigenvalue weighted by molar-refractivity contribution is 0.591. The molecule has 1 aliphatic rings. The van der Waals surface area contributed by atoms with Crippen LogP contribution in [0.3, 0.4) is 0 Å². The summed E-state index contributed by atoms with van der Waals surface area (Å²) in [7, 11) is 0. The molecule has 0 spiro atoms. The van der Waals surface area contributed by atoms with E-state index in [4.69, 9.17) is 0 Å². The topological polar surface area (TPSA) is 0 Å². The van der Waals surface area contributed by atoms with Crippen LogP contribution >= 0.6 is 0 Å². The fourth-order valence-electron chi connectivity index (χ4n) is 4.44. The molecule has 0 aliphatic heterocycles. The smallest absolute Gasteiger partial charge is 0.00549 e. The van der Waals surface area contributed by atoms with Crippen LogP contribution < -0.4 is 0 Å². The van der Waals surface area contributed by atoms with Crippen molar-refractivity contribution in [3.63, 3.8) is 0 Å². The van der Waals surface area contributed by atoms with E-state index in [1.165, 1.54) is 45.4 Å². The molecule has 0 bridgehead atoms. The van der Waals surface area contributed by atoms with Crippen LogP contribution in [0.15, 0.2) is 35.9 Å². The van der Waals surface area contributed by atoms with Crippen LogP contribution in [0.5, 0.6) is 0 Å². The second kappa shape index (κ2) is 8.13. The number of hydrogen-bond donors (Lipinski definition) is 0. The predicted octanol–water partition coefficient (Wildman–Crippen LogP) is 8.88. The highest BCUT2D eigenvalue weighted by Gasteiger charge is 2.27. The van der Waals surface area contributed by atoms with Crippen molar-refractivity contribution in [2.45, 2.75) is 92.4 Å². The van der Waals surface area contributed by atoms with Gasteiger partial charge in [0.15, 0.2) is 0 Å². The summed E-state index contributed by atoms with van der Waals surface area (Å²) in [6.07, 6.45) is 4.84. The third kappa shape index (κ3) is 4.37. The van der Waals surface area contributed by atoms with Crippen molar-refractivity contribution >= 4 is 6.08 Å². The Balaban J connectivity index is 2.32. The molecule has 0 amide bonds. The standard InChI is InChI=1S/C29H40/c1-10-20(6)24-13-21-11-12-27(29(7,8)9)28(26(21)17-24)25-15-22(18(2)3)14-23(16-25)19(4)5/h11-12,14-20H,10,13H2,1-9H3. The van der Waals surface area contributed by atoms with Gasteiger partial charge in [-0.15, -0.1) is 0 Å². The summed E-state index contributed by atoms with van der Waals surface area (Å²) in [6, 6.07) is 12.1. The van der Waals surface area contributed by atoms with Gasteiger partial charge in [0.1, 0.15) is 0 Å². The summed E-state index contributed by atoms with van der Waals surface area (Å²) in [4.78, 5) is 0. The Labute approximate surface area is 179 Å². The molecule has 0 heteroatoms. The van der Waals surface area contributed by atoms with Crippen molar-refractivity contribution in [3.8, 4) is 11.1 Å². The third-order valence-corrected chi connectivity index (χ3v) is 6.71. The number of fused-ring (bicyclic) bond motifs is 1. The molecule has 1 unspecified atom stereocenters. The van der Waals surface area contributed by atoms with Gasteiger partial charge in [0.2, 0.25) is 0 Å². The zero-order valence-electron chi connectivity index (χ0n) is 20.1. The second-order valence-electron chi connectivity index (χ2n) is 10.7. The average molecular weight is 389 g/mol. The summed E-state index contributed by atoms with van der Waals surface area (Å²) in [5.74, 6) is 1.73. The zero-order chi connectivity index (χ0) is 21.5. The summed E-state index contributed by atoms with van der Waals surface area (Å²) < 4.78 is 0. The molecule has 3 rings (SSSR count). The highest BCUT2D eigenvalue weighted by atomic mass is 14.3. The van der Waals surface area contributed by atoms with Crippen LogP contribution in [-0.2, 0) is 11.8 Å². The van der Waals surface area contributed by atoms with E-state index < -0.39 is 0 Å². The van der Waals surface area contributed by atoms with Gasteiger partial charge in [0.05, 0.1) is 0 Å². The minimum Gasteiger partial charge on any atom is -0.0648 e. The van der Waals surface area contributed by atoms with Crippen molar-refractivity contribution in [1.82, 2.24) is 0 Å². The Hall–Kier alpha value is -1.82. The van der Waals surface area contributed by atoms with Gasteiger partial charge in [0, 0.05) is 0 Å². The van der Waals surface area contributed by atoms with Gasteiger partial charge < -0.3 is 0 Å². The molecular formula is C29H40. The first-order valence-electron chi connectivity index (χ1n) is 11.5. The molecule has 156 valence electrons. The Kier molecular flexibility index (Phi) is 6.13. The van der Waals surface area contributed by atoms with Gasteiger partial charge in [0.25, 0.3) is 0 Å². The maximum absolute atomic E-state index is 2.52. The van der Waals surface area contributed by atoms with Crippen LogP contribution in [0.2, 0.25) is 0 Å². The monoisotopic (exact) mass is 388 g/mol. The number of benzene rings is 2. The first kappa shape index (κ1) is 21.9. The summed E-state index contributed by atoms with van der Waals surface area (Å²) >= 11 is 0. The molecule has 1 atom stereocenters. The van der Waals surface area contributed by atoms with Crippen LogP contribution in [-0.4, -0.2) is 0 Å². The highest BCUT2D eigenvalue weighted by Crippen LogP contribution is 2.43. The first-order valence-corrected chi connectivity index (χ1v) is 11.5. The van der Waals surface area contributed by atoms with E-state index >= 15 is 0 Å². The molecule has 0 heterocycles. The minimum atomic E-state index is 0.114. The van der Waals surface area contributed by atoms with Gasteiger partial charge in [-0.2, -0.15) is 0 Å². The van der Waals surface area contributed by atoms with Crippen molar-refractivity contribution in [2.24, 2.45) is 5.92 Å². The fourth-order valence-corrected chi connectivity index (χ4v) is 4.44. The van der Waals surface area contributed by atoms with E-state index in [0.717, 1.165) is 6.42 Å². The Morgan fingerprint density at radius 2 is 1.45 bits per heavy atom. The largest absolute Gasteiger partial charge is 0.0648 e. The molecule has 0 nitrogen and oxygen atoms in total. The van der Waals surface area contributed by atoms with Crippen LogP contribution in [0.1, 0.15) is 108 Å². The molecule has 0 fully saturated rings. The van der Waals surface area contributed by atoms with Gasteiger partial charge >= 0.3 is 0 Å². The molecule has 0 N–H and O–H groups in total. The Morgan fingerprint density at radius 3 is 1.93 bits per heavy atom. The molecule has 1 aliphatic carbocycles. The van der Waals surface area contributed by atoms with E-state index in [1.54, 1.807) is 5.57 Å². The molecule has 2 aromatic rings. The number of hydrogen-bond acceptors (Lipinski definition) is 0. The zero-order valence-corrected chi connectivity index (χ0v) is 20.1. The maximum Gasteiger partial charge on any atom is -0.00549 e. The summed E-state index contributed by atoms with van der Waals surface area (Å²) in [5, 5.41) is 0. The van der Waals surface area contributed by atoms with E-state index in [0.29, 0.717) is 17.8 Å². The van der Waals surface area contributed by atoms with E-state index in [1.807, 2.05) is 0 Å². The Morgan fingerprint density at radius 1 is 0.862 bits per heavy atom. The van der Waals surface area contributed by atoms with E-state index in [2.05, 4.69) is 98.7 Å². The summed E-state index contributed by atoms with van der Waals surface area (Å²) in [6.45, 7) is 21.0. The van der Waals surface area contributed by atoms with Crippen LogP contribution in [0.25, 0.3) is 17.2 Å². The van der Waals surface area contributed by atoms with Gasteiger partial charge in [-0.25, -0.2) is 0 Å². The van der Waals surface area contributed by atoms with E-state index in [9.17, 15) is 0 Å². The van der Waals surface area contributed by atoms with Crippen molar-refractivity contribution in [3.05, 3.63) is 63.7 Å². The van der Waals surface area contributed by atoms with Gasteiger partial charge in [-0.05, 0) is 75.0 Å². The number of rotatable bonds is 5. The third-order valence-electron chi connectivity index (χ3n) is 6.71. The van der Waals surface area contributed by atoms with Crippen molar-refractivity contribution in [2.75, 3.05) is 0 Å². The quantitative estimate of drug-likeness (QED) is 0.479. The lowest BCUT2D eigenvalue weighted by Gasteiger charge is -2.26. The second-order valence-corrected chi connectivity index (χ2v) is 10.7. The normalized spacial score (nSPS) is 15.1. The maximum atomic E-state index is 2.52. The average Bonchev–Trinajstić information content (AvgIpc) is 3.09. The lowest BCUT2D eigenvalue weighted by atomic mass is 9.78. The number of allylic oxidation sites excluding steroid dienone is 1. The highest BCUT2D eigenvalue weighted by molar-refractivity contribution is 5.84. The molecule has 0 aromatic heterocycles. The molecular weight excluding hydrogens is 348 g/mol. The van der Waals surface area contributed by atoms with E-state index in [-0.39, 0.29) is 5.41 Å². The molecule has 0 radical (unpaired) electrons. The first-order chi connectivity index (χ1) is 13.5. The van der Waals surface area contributed by atoms with Crippen LogP contribution in [0.4, 0.5) is 0 Å². The molecule has 0 saturated carbocycles. The predicted molar refractivity (Wildman–Crippen MR) is 130 cm³/mol. The fraction of sp³-hybridized carbons (Fsp3) is 0.517. The lowest BCUT2D eigenvalue weighted by Crippen LogP contribution is -2.14. The van der Waals surface area contributed by atoms with Crippen molar-refractivity contribution < 1.29 is 0 Å². The molecule has 29 heavy (non-hydrogen) atoms. The van der Waals surface area contributed by atoms with Gasteiger partial charge in [-0.1, -0.05) is 104 Å².